The maximum atomic E-state index is 13.4. The number of anilines is 1. The van der Waals surface area contributed by atoms with Crippen LogP contribution in [-0.2, 0) is 16.0 Å². The van der Waals surface area contributed by atoms with E-state index in [9.17, 15) is 9.59 Å². The summed E-state index contributed by atoms with van der Waals surface area (Å²) in [5.41, 5.74) is 1.85. The summed E-state index contributed by atoms with van der Waals surface area (Å²) in [5.74, 6) is 2.48. The molecule has 1 aromatic heterocycles. The Labute approximate surface area is 190 Å². The van der Waals surface area contributed by atoms with E-state index in [1.165, 1.54) is 25.3 Å². The van der Waals surface area contributed by atoms with Gasteiger partial charge in [-0.1, -0.05) is 49.0 Å². The van der Waals surface area contributed by atoms with Crippen LogP contribution < -0.4 is 4.90 Å². The van der Waals surface area contributed by atoms with Gasteiger partial charge in [0, 0.05) is 30.5 Å². The van der Waals surface area contributed by atoms with Crippen molar-refractivity contribution in [2.75, 3.05) is 11.4 Å². The number of hydrogen-bond acceptors (Lipinski definition) is 5. The summed E-state index contributed by atoms with van der Waals surface area (Å²) in [7, 11) is 0. The predicted octanol–water partition coefficient (Wildman–Crippen LogP) is 5.49. The van der Waals surface area contributed by atoms with Gasteiger partial charge in [-0.15, -0.1) is 0 Å². The molecule has 0 atom stereocenters. The number of hydrogen-bond donors (Lipinski definition) is 0. The molecule has 1 heterocycles. The average Bonchev–Trinajstić information content (AvgIpc) is 3.58. The Bertz CT molecular complexity index is 926. The van der Waals surface area contributed by atoms with Crippen molar-refractivity contribution in [3.8, 4) is 0 Å². The molecule has 4 rings (SSSR count). The van der Waals surface area contributed by atoms with Crippen molar-refractivity contribution in [1.29, 1.82) is 0 Å². The lowest BCUT2D eigenvalue weighted by Crippen LogP contribution is -2.38. The van der Waals surface area contributed by atoms with E-state index in [0.717, 1.165) is 80.6 Å². The topological polar surface area (TPSA) is 76.3 Å². The highest BCUT2D eigenvalue weighted by molar-refractivity contribution is 5.95. The SMILES string of the molecule is O=C/C=C/c1cccc(N(CCCCCc2nc(C3CC3)no2)C(=O)C2CCCCC2)c1. The first-order valence-electron chi connectivity index (χ1n) is 12.1. The van der Waals surface area contributed by atoms with Crippen LogP contribution in [0.4, 0.5) is 5.69 Å². The summed E-state index contributed by atoms with van der Waals surface area (Å²) in [6, 6.07) is 7.90. The standard InChI is InChI=1S/C26H33N3O3/c30-18-8-10-20-9-7-13-23(19-20)29(26(31)22-11-3-1-4-12-22)17-6-2-5-14-24-27-25(28-32-24)21-15-16-21/h7-10,13,18-19,21-22H,1-6,11-12,14-17H2/b10-8+. The normalized spacial score (nSPS) is 17.0. The molecule has 170 valence electrons. The zero-order valence-corrected chi connectivity index (χ0v) is 18.7. The van der Waals surface area contributed by atoms with Crippen molar-refractivity contribution in [2.45, 2.75) is 76.5 Å². The lowest BCUT2D eigenvalue weighted by atomic mass is 9.88. The number of rotatable bonds is 11. The molecule has 1 amide bonds. The van der Waals surface area contributed by atoms with Gasteiger partial charge in [0.15, 0.2) is 5.82 Å². The van der Waals surface area contributed by atoms with E-state index >= 15 is 0 Å². The highest BCUT2D eigenvalue weighted by Crippen LogP contribution is 2.38. The number of benzene rings is 1. The molecule has 0 unspecified atom stereocenters. The molecule has 0 N–H and O–H groups in total. The Kier molecular flexibility index (Phi) is 7.86. The van der Waals surface area contributed by atoms with E-state index < -0.39 is 0 Å². The van der Waals surface area contributed by atoms with Gasteiger partial charge in [-0.05, 0) is 62.3 Å². The maximum Gasteiger partial charge on any atom is 0.230 e. The largest absolute Gasteiger partial charge is 0.339 e. The molecule has 0 saturated heterocycles. The van der Waals surface area contributed by atoms with Crippen LogP contribution in [0, 0.1) is 5.92 Å². The Morgan fingerprint density at radius 3 is 2.72 bits per heavy atom. The number of amides is 1. The number of aldehydes is 1. The van der Waals surface area contributed by atoms with Gasteiger partial charge in [-0.2, -0.15) is 4.98 Å². The number of nitrogens with zero attached hydrogens (tertiary/aromatic N) is 3. The first-order chi connectivity index (χ1) is 15.7. The highest BCUT2D eigenvalue weighted by atomic mass is 16.5. The van der Waals surface area contributed by atoms with Gasteiger partial charge >= 0.3 is 0 Å². The number of carbonyl (C=O) groups excluding carboxylic acids is 2. The molecule has 6 nitrogen and oxygen atoms in total. The molecule has 2 aromatic rings. The van der Waals surface area contributed by atoms with Gasteiger partial charge in [0.05, 0.1) is 0 Å². The number of aryl methyl sites for hydroxylation is 1. The van der Waals surface area contributed by atoms with E-state index in [1.807, 2.05) is 29.2 Å². The zero-order valence-electron chi connectivity index (χ0n) is 18.7. The summed E-state index contributed by atoms with van der Waals surface area (Å²) in [6.45, 7) is 0.702. The molecule has 0 spiro atoms. The average molecular weight is 436 g/mol. The summed E-state index contributed by atoms with van der Waals surface area (Å²) in [4.78, 5) is 30.6. The Hall–Kier alpha value is -2.76. The molecule has 1 aromatic carbocycles. The molecule has 2 fully saturated rings. The van der Waals surface area contributed by atoms with Gasteiger partial charge in [-0.25, -0.2) is 0 Å². The van der Waals surface area contributed by atoms with Crippen LogP contribution in [0.25, 0.3) is 6.08 Å². The van der Waals surface area contributed by atoms with Crippen molar-refractivity contribution >= 4 is 24.0 Å². The summed E-state index contributed by atoms with van der Waals surface area (Å²) >= 11 is 0. The monoisotopic (exact) mass is 435 g/mol. The molecule has 0 aliphatic heterocycles. The molecule has 2 saturated carbocycles. The van der Waals surface area contributed by atoms with Crippen LogP contribution in [0.2, 0.25) is 0 Å². The number of allylic oxidation sites excluding steroid dienone is 1. The third kappa shape index (κ3) is 6.15. The van der Waals surface area contributed by atoms with Crippen molar-refractivity contribution in [1.82, 2.24) is 10.1 Å². The predicted molar refractivity (Wildman–Crippen MR) is 124 cm³/mol. The second-order valence-electron chi connectivity index (χ2n) is 9.05. The van der Waals surface area contributed by atoms with Crippen LogP contribution in [0.1, 0.15) is 87.4 Å². The Balaban J connectivity index is 1.35. The molecular weight excluding hydrogens is 402 g/mol. The fourth-order valence-electron chi connectivity index (χ4n) is 4.48. The Morgan fingerprint density at radius 2 is 1.94 bits per heavy atom. The number of unbranched alkanes of at least 4 members (excludes halogenated alkanes) is 2. The van der Waals surface area contributed by atoms with Crippen molar-refractivity contribution in [3.05, 3.63) is 47.6 Å². The lowest BCUT2D eigenvalue weighted by Gasteiger charge is -2.30. The van der Waals surface area contributed by atoms with Crippen molar-refractivity contribution in [3.63, 3.8) is 0 Å². The van der Waals surface area contributed by atoms with Crippen LogP contribution >= 0.6 is 0 Å². The molecule has 0 radical (unpaired) electrons. The van der Waals surface area contributed by atoms with Gasteiger partial charge in [0.25, 0.3) is 0 Å². The second kappa shape index (κ2) is 11.2. The molecule has 0 bridgehead atoms. The lowest BCUT2D eigenvalue weighted by molar-refractivity contribution is -0.123. The minimum absolute atomic E-state index is 0.122. The third-order valence-electron chi connectivity index (χ3n) is 6.47. The van der Waals surface area contributed by atoms with Crippen LogP contribution in [-0.4, -0.2) is 28.9 Å². The summed E-state index contributed by atoms with van der Waals surface area (Å²) in [5, 5.41) is 4.08. The van der Waals surface area contributed by atoms with Crippen molar-refractivity contribution in [2.24, 2.45) is 5.92 Å². The quantitative estimate of drug-likeness (QED) is 0.265. The Morgan fingerprint density at radius 1 is 1.09 bits per heavy atom. The van der Waals surface area contributed by atoms with Gasteiger partial charge in [0.1, 0.15) is 6.29 Å². The second-order valence-corrected chi connectivity index (χ2v) is 9.05. The first kappa shape index (κ1) is 22.4. The van der Waals surface area contributed by atoms with Crippen LogP contribution in [0.3, 0.4) is 0 Å². The van der Waals surface area contributed by atoms with E-state index in [4.69, 9.17) is 4.52 Å². The summed E-state index contributed by atoms with van der Waals surface area (Å²) in [6.07, 6.45) is 15.6. The van der Waals surface area contributed by atoms with Gasteiger partial charge < -0.3 is 9.42 Å². The molecule has 6 heteroatoms. The van der Waals surface area contributed by atoms with E-state index in [0.29, 0.717) is 12.5 Å². The fraction of sp³-hybridized carbons (Fsp3) is 0.538. The van der Waals surface area contributed by atoms with Crippen LogP contribution in [0.15, 0.2) is 34.9 Å². The van der Waals surface area contributed by atoms with Crippen molar-refractivity contribution < 1.29 is 14.1 Å². The van der Waals surface area contributed by atoms with E-state index in [-0.39, 0.29) is 11.8 Å². The minimum atomic E-state index is 0.122. The fourth-order valence-corrected chi connectivity index (χ4v) is 4.48. The smallest absolute Gasteiger partial charge is 0.230 e. The molecular formula is C26H33N3O3. The van der Waals surface area contributed by atoms with Crippen LogP contribution in [0.5, 0.6) is 0 Å². The molecule has 2 aliphatic carbocycles. The first-order valence-corrected chi connectivity index (χ1v) is 12.1. The highest BCUT2D eigenvalue weighted by Gasteiger charge is 2.29. The maximum absolute atomic E-state index is 13.4. The van der Waals surface area contributed by atoms with Gasteiger partial charge in [-0.3, -0.25) is 9.59 Å². The molecule has 2 aliphatic rings. The van der Waals surface area contributed by atoms with E-state index in [1.54, 1.807) is 6.08 Å². The zero-order chi connectivity index (χ0) is 22.2. The van der Waals surface area contributed by atoms with Gasteiger partial charge in [0.2, 0.25) is 11.8 Å². The molecule has 32 heavy (non-hydrogen) atoms. The minimum Gasteiger partial charge on any atom is -0.339 e. The number of aromatic nitrogens is 2. The number of carbonyl (C=O) groups is 2. The van der Waals surface area contributed by atoms with E-state index in [2.05, 4.69) is 10.1 Å². The summed E-state index contributed by atoms with van der Waals surface area (Å²) < 4.78 is 5.37. The third-order valence-corrected chi connectivity index (χ3v) is 6.47.